The molecule has 112 valence electrons. The molecular weight excluding hydrogens is 264 g/mol. The van der Waals surface area contributed by atoms with Crippen molar-refractivity contribution in [3.63, 3.8) is 0 Å². The molecule has 3 nitrogen and oxygen atoms in total. The third-order valence-corrected chi connectivity index (χ3v) is 2.89. The minimum atomic E-state index is -0.341. The van der Waals surface area contributed by atoms with E-state index in [0.29, 0.717) is 0 Å². The number of carbonyl (C=O) groups excluding carboxylic acids is 1. The van der Waals surface area contributed by atoms with Crippen LogP contribution in [0.2, 0.25) is 0 Å². The lowest BCUT2D eigenvalue weighted by Crippen LogP contribution is -2.04. The molecule has 2 rings (SSSR count). The van der Waals surface area contributed by atoms with Crippen molar-refractivity contribution in [2.45, 2.75) is 33.0 Å². The van der Waals surface area contributed by atoms with Crippen molar-refractivity contribution in [3.8, 4) is 0 Å². The Morgan fingerprint density at radius 1 is 0.905 bits per heavy atom. The van der Waals surface area contributed by atoms with Gasteiger partial charge < -0.3 is 9.84 Å². The van der Waals surface area contributed by atoms with Gasteiger partial charge in [0.05, 0.1) is 6.10 Å². The molecule has 21 heavy (non-hydrogen) atoms. The number of benzene rings is 2. The van der Waals surface area contributed by atoms with Crippen molar-refractivity contribution in [1.82, 2.24) is 0 Å². The fraction of sp³-hybridized carbons (Fsp3) is 0.278. The molecule has 0 aliphatic carbocycles. The Labute approximate surface area is 126 Å². The number of aliphatic hydroxyl groups is 1. The second-order valence-corrected chi connectivity index (χ2v) is 4.75. The molecule has 0 aromatic heterocycles. The summed E-state index contributed by atoms with van der Waals surface area (Å²) in [6.45, 7) is 5.03. The Morgan fingerprint density at radius 3 is 1.67 bits per heavy atom. The maximum absolute atomic E-state index is 10.6. The van der Waals surface area contributed by atoms with Crippen molar-refractivity contribution in [2.24, 2.45) is 0 Å². The molecule has 0 spiro atoms. The second-order valence-electron chi connectivity index (χ2n) is 4.75. The number of aliphatic hydroxyl groups excluding tert-OH is 1. The van der Waals surface area contributed by atoms with Crippen LogP contribution in [0.25, 0.3) is 0 Å². The van der Waals surface area contributed by atoms with Crippen LogP contribution in [0.1, 0.15) is 44.1 Å². The van der Waals surface area contributed by atoms with E-state index in [4.69, 9.17) is 9.84 Å². The van der Waals surface area contributed by atoms with Crippen LogP contribution in [-0.2, 0) is 9.53 Å². The molecule has 0 amide bonds. The van der Waals surface area contributed by atoms with Gasteiger partial charge in [0.1, 0.15) is 6.10 Å². The number of hydrogen-bond donors (Lipinski definition) is 1. The zero-order valence-electron chi connectivity index (χ0n) is 12.7. The monoisotopic (exact) mass is 286 g/mol. The van der Waals surface area contributed by atoms with Crippen molar-refractivity contribution < 1.29 is 14.6 Å². The zero-order chi connectivity index (χ0) is 15.7. The van der Waals surface area contributed by atoms with Gasteiger partial charge in [-0.1, -0.05) is 60.7 Å². The molecule has 3 heteroatoms. The van der Waals surface area contributed by atoms with Gasteiger partial charge in [0, 0.05) is 6.92 Å². The lowest BCUT2D eigenvalue weighted by molar-refractivity contribution is -0.145. The Morgan fingerprint density at radius 2 is 1.33 bits per heavy atom. The van der Waals surface area contributed by atoms with Crippen LogP contribution >= 0.6 is 0 Å². The second kappa shape index (κ2) is 8.93. The predicted octanol–water partition coefficient (Wildman–Crippen LogP) is 4.05. The van der Waals surface area contributed by atoms with Crippen LogP contribution < -0.4 is 0 Å². The van der Waals surface area contributed by atoms with Crippen molar-refractivity contribution in [3.05, 3.63) is 71.8 Å². The van der Waals surface area contributed by atoms with E-state index in [-0.39, 0.29) is 18.2 Å². The highest BCUT2D eigenvalue weighted by molar-refractivity contribution is 5.66. The third-order valence-electron chi connectivity index (χ3n) is 2.89. The first-order valence-electron chi connectivity index (χ1n) is 6.96. The summed E-state index contributed by atoms with van der Waals surface area (Å²) in [6.07, 6.45) is -0.491. The predicted molar refractivity (Wildman–Crippen MR) is 83.7 cm³/mol. The molecular formula is C18H22O3. The summed E-state index contributed by atoms with van der Waals surface area (Å²) in [5.41, 5.74) is 1.99. The van der Waals surface area contributed by atoms with Gasteiger partial charge in [-0.3, -0.25) is 4.79 Å². The summed E-state index contributed by atoms with van der Waals surface area (Å²) in [5.74, 6) is -0.244. The standard InChI is InChI=1S/C10H12O2.C8H10O/c1-8(12-9(2)11)10-6-4-3-5-7-10;1-7(9)8-5-3-2-4-6-8/h3-8H,1-2H3;2-7,9H,1H3/t;7-/m.1/s1. The highest BCUT2D eigenvalue weighted by Crippen LogP contribution is 2.15. The molecule has 1 unspecified atom stereocenters. The highest BCUT2D eigenvalue weighted by atomic mass is 16.5. The quantitative estimate of drug-likeness (QED) is 0.866. The maximum Gasteiger partial charge on any atom is 0.303 e. The third kappa shape index (κ3) is 6.72. The molecule has 2 aromatic carbocycles. The van der Waals surface area contributed by atoms with Gasteiger partial charge >= 0.3 is 5.97 Å². The summed E-state index contributed by atoms with van der Waals surface area (Å²) in [6, 6.07) is 19.3. The smallest absolute Gasteiger partial charge is 0.303 e. The van der Waals surface area contributed by atoms with Crippen LogP contribution in [0, 0.1) is 0 Å². The van der Waals surface area contributed by atoms with Crippen molar-refractivity contribution in [2.75, 3.05) is 0 Å². The van der Waals surface area contributed by atoms with Crippen LogP contribution in [0.5, 0.6) is 0 Å². The molecule has 0 fully saturated rings. The van der Waals surface area contributed by atoms with Gasteiger partial charge in [-0.2, -0.15) is 0 Å². The van der Waals surface area contributed by atoms with Gasteiger partial charge in [-0.15, -0.1) is 0 Å². The molecule has 0 heterocycles. The summed E-state index contributed by atoms with van der Waals surface area (Å²) in [7, 11) is 0. The summed E-state index contributed by atoms with van der Waals surface area (Å²) >= 11 is 0. The van der Waals surface area contributed by atoms with E-state index in [9.17, 15) is 4.79 Å². The zero-order valence-corrected chi connectivity index (χ0v) is 12.7. The van der Waals surface area contributed by atoms with Crippen LogP contribution in [0.15, 0.2) is 60.7 Å². The first-order chi connectivity index (χ1) is 10.0. The van der Waals surface area contributed by atoms with Crippen LogP contribution in [0.4, 0.5) is 0 Å². The Hall–Kier alpha value is -2.13. The Bertz CT molecular complexity index is 521. The first kappa shape index (κ1) is 16.9. The van der Waals surface area contributed by atoms with E-state index in [1.807, 2.05) is 67.6 Å². The number of carbonyl (C=O) groups is 1. The van der Waals surface area contributed by atoms with Gasteiger partial charge in [0.2, 0.25) is 0 Å². The van der Waals surface area contributed by atoms with E-state index in [1.165, 1.54) is 6.92 Å². The lowest BCUT2D eigenvalue weighted by atomic mass is 10.1. The largest absolute Gasteiger partial charge is 0.458 e. The van der Waals surface area contributed by atoms with Gasteiger partial charge in [-0.05, 0) is 25.0 Å². The molecule has 0 bridgehead atoms. The fourth-order valence-electron chi connectivity index (χ4n) is 1.77. The lowest BCUT2D eigenvalue weighted by Gasteiger charge is -2.11. The number of ether oxygens (including phenoxy) is 1. The van der Waals surface area contributed by atoms with Crippen LogP contribution in [0.3, 0.4) is 0 Å². The first-order valence-corrected chi connectivity index (χ1v) is 6.96. The normalized spacial score (nSPS) is 12.6. The molecule has 0 aliphatic heterocycles. The molecule has 1 N–H and O–H groups in total. The minimum Gasteiger partial charge on any atom is -0.458 e. The molecule has 0 aliphatic rings. The van der Waals surface area contributed by atoms with Gasteiger partial charge in [0.15, 0.2) is 0 Å². The number of esters is 1. The Balaban J connectivity index is 0.000000219. The molecule has 0 radical (unpaired) electrons. The van der Waals surface area contributed by atoms with Gasteiger partial charge in [-0.25, -0.2) is 0 Å². The summed E-state index contributed by atoms with van der Waals surface area (Å²) in [4.78, 5) is 10.6. The van der Waals surface area contributed by atoms with Gasteiger partial charge in [0.25, 0.3) is 0 Å². The number of rotatable bonds is 3. The van der Waals surface area contributed by atoms with Crippen molar-refractivity contribution >= 4 is 5.97 Å². The van der Waals surface area contributed by atoms with E-state index < -0.39 is 0 Å². The highest BCUT2D eigenvalue weighted by Gasteiger charge is 2.06. The summed E-state index contributed by atoms with van der Waals surface area (Å²) in [5, 5.41) is 9.02. The number of hydrogen-bond acceptors (Lipinski definition) is 3. The summed E-state index contributed by atoms with van der Waals surface area (Å²) < 4.78 is 5.00. The average molecular weight is 286 g/mol. The minimum absolute atomic E-state index is 0.149. The fourth-order valence-corrected chi connectivity index (χ4v) is 1.77. The molecule has 2 atom stereocenters. The van der Waals surface area contributed by atoms with Crippen LogP contribution in [-0.4, -0.2) is 11.1 Å². The van der Waals surface area contributed by atoms with E-state index in [2.05, 4.69) is 0 Å². The SMILES string of the molecule is CC(=O)OC(C)c1ccccc1.C[C@@H](O)c1ccccc1. The maximum atomic E-state index is 10.6. The van der Waals surface area contributed by atoms with E-state index in [0.717, 1.165) is 11.1 Å². The molecule has 0 saturated carbocycles. The Kier molecular flexibility index (Phi) is 7.19. The molecule has 0 saturated heterocycles. The van der Waals surface area contributed by atoms with E-state index in [1.54, 1.807) is 6.92 Å². The van der Waals surface area contributed by atoms with Crippen molar-refractivity contribution in [1.29, 1.82) is 0 Å². The topological polar surface area (TPSA) is 46.5 Å². The molecule has 2 aromatic rings. The average Bonchev–Trinajstić information content (AvgIpc) is 2.49. The van der Waals surface area contributed by atoms with E-state index >= 15 is 0 Å².